The van der Waals surface area contributed by atoms with E-state index in [9.17, 15) is 0 Å². The molecule has 0 spiro atoms. The summed E-state index contributed by atoms with van der Waals surface area (Å²) in [5, 5.41) is 6.84. The molecule has 1 atom stereocenters. The summed E-state index contributed by atoms with van der Waals surface area (Å²) >= 11 is 2.00. The van der Waals surface area contributed by atoms with Gasteiger partial charge in [0, 0.05) is 17.1 Å². The van der Waals surface area contributed by atoms with Crippen LogP contribution >= 0.6 is 11.8 Å². The Bertz CT molecular complexity index is 379. The van der Waals surface area contributed by atoms with Crippen LogP contribution in [0, 0.1) is 5.92 Å². The van der Waals surface area contributed by atoms with Crippen molar-refractivity contribution < 1.29 is 0 Å². The van der Waals surface area contributed by atoms with Gasteiger partial charge in [-0.05, 0) is 61.9 Å². The predicted octanol–water partition coefficient (Wildman–Crippen LogP) is 3.38. The maximum atomic E-state index is 3.58. The van der Waals surface area contributed by atoms with Crippen LogP contribution in [0.4, 0.5) is 5.69 Å². The maximum Gasteiger partial charge on any atom is 0.0343 e. The van der Waals surface area contributed by atoms with Crippen LogP contribution < -0.4 is 10.6 Å². The van der Waals surface area contributed by atoms with Crippen molar-refractivity contribution in [3.05, 3.63) is 23.8 Å². The van der Waals surface area contributed by atoms with E-state index in [0.29, 0.717) is 5.92 Å². The number of rotatable bonds is 6. The molecule has 1 heterocycles. The van der Waals surface area contributed by atoms with Gasteiger partial charge in [0.2, 0.25) is 0 Å². The van der Waals surface area contributed by atoms with Crippen molar-refractivity contribution in [2.45, 2.75) is 31.1 Å². The number of hydrogen-bond donors (Lipinski definition) is 2. The molecule has 0 fully saturated rings. The number of hydrogen-bond acceptors (Lipinski definition) is 3. The third kappa shape index (κ3) is 3.66. The highest BCUT2D eigenvalue weighted by Gasteiger charge is 2.10. The van der Waals surface area contributed by atoms with Crippen LogP contribution in [-0.4, -0.2) is 25.9 Å². The number of fused-ring (bicyclic) bond motifs is 1. The fraction of sp³-hybridized carbons (Fsp3) is 0.600. The second-order valence-electron chi connectivity index (χ2n) is 4.99. The first kappa shape index (κ1) is 13.8. The van der Waals surface area contributed by atoms with E-state index in [1.54, 1.807) is 0 Å². The van der Waals surface area contributed by atoms with Crippen LogP contribution in [0.2, 0.25) is 0 Å². The average Bonchev–Trinajstić information content (AvgIpc) is 2.43. The number of benzene rings is 1. The van der Waals surface area contributed by atoms with Crippen LogP contribution in [0.3, 0.4) is 0 Å². The molecule has 0 radical (unpaired) electrons. The second kappa shape index (κ2) is 7.05. The van der Waals surface area contributed by atoms with Gasteiger partial charge in [0.25, 0.3) is 0 Å². The molecule has 2 N–H and O–H groups in total. The van der Waals surface area contributed by atoms with E-state index in [1.165, 1.54) is 41.2 Å². The summed E-state index contributed by atoms with van der Waals surface area (Å²) in [5.41, 5.74) is 2.81. The minimum absolute atomic E-state index is 0.709. The highest BCUT2D eigenvalue weighted by molar-refractivity contribution is 7.99. The topological polar surface area (TPSA) is 24.1 Å². The minimum atomic E-state index is 0.709. The molecule has 100 valence electrons. The molecule has 0 aliphatic carbocycles. The minimum Gasteiger partial charge on any atom is -0.385 e. The van der Waals surface area contributed by atoms with Crippen LogP contribution in [0.25, 0.3) is 0 Å². The second-order valence-corrected chi connectivity index (χ2v) is 6.12. The molecule has 0 aromatic heterocycles. The lowest BCUT2D eigenvalue weighted by atomic mass is 10.1. The number of thioether (sulfide) groups is 1. The van der Waals surface area contributed by atoms with Gasteiger partial charge in [0.15, 0.2) is 0 Å². The lowest BCUT2D eigenvalue weighted by Crippen LogP contribution is -2.24. The molecule has 1 aliphatic rings. The summed E-state index contributed by atoms with van der Waals surface area (Å²) in [7, 11) is 2.03. The Kier molecular flexibility index (Phi) is 5.39. The number of anilines is 1. The molecular formula is C15H24N2S. The maximum absolute atomic E-state index is 3.58. The van der Waals surface area contributed by atoms with E-state index >= 15 is 0 Å². The molecule has 0 saturated carbocycles. The van der Waals surface area contributed by atoms with E-state index in [2.05, 4.69) is 35.8 Å². The van der Waals surface area contributed by atoms with Gasteiger partial charge >= 0.3 is 0 Å². The van der Waals surface area contributed by atoms with E-state index in [-0.39, 0.29) is 0 Å². The van der Waals surface area contributed by atoms with E-state index < -0.39 is 0 Å². The fourth-order valence-corrected chi connectivity index (χ4v) is 3.40. The third-order valence-corrected chi connectivity index (χ3v) is 4.78. The number of nitrogens with one attached hydrogen (secondary N) is 2. The molecule has 0 amide bonds. The SMILES string of the molecule is CCC(CNC)CNc1ccc2c(c1)CCCS2. The molecule has 0 bridgehead atoms. The first-order chi connectivity index (χ1) is 8.83. The van der Waals surface area contributed by atoms with Gasteiger partial charge in [-0.1, -0.05) is 13.3 Å². The van der Waals surface area contributed by atoms with Gasteiger partial charge in [-0.25, -0.2) is 0 Å². The van der Waals surface area contributed by atoms with Crippen LogP contribution in [-0.2, 0) is 6.42 Å². The third-order valence-electron chi connectivity index (χ3n) is 3.57. The van der Waals surface area contributed by atoms with Crippen molar-refractivity contribution >= 4 is 17.4 Å². The summed E-state index contributed by atoms with van der Waals surface area (Å²) in [4.78, 5) is 1.48. The average molecular weight is 264 g/mol. The first-order valence-corrected chi connectivity index (χ1v) is 7.96. The van der Waals surface area contributed by atoms with Gasteiger partial charge in [0.1, 0.15) is 0 Å². The van der Waals surface area contributed by atoms with Gasteiger partial charge in [-0.2, -0.15) is 0 Å². The van der Waals surface area contributed by atoms with Crippen molar-refractivity contribution in [2.75, 3.05) is 31.2 Å². The summed E-state index contributed by atoms with van der Waals surface area (Å²) < 4.78 is 0. The predicted molar refractivity (Wildman–Crippen MR) is 81.7 cm³/mol. The van der Waals surface area contributed by atoms with E-state index in [4.69, 9.17) is 0 Å². The summed E-state index contributed by atoms with van der Waals surface area (Å²) in [6.07, 6.45) is 3.78. The Morgan fingerprint density at radius 2 is 2.22 bits per heavy atom. The van der Waals surface area contributed by atoms with Crippen molar-refractivity contribution in [2.24, 2.45) is 5.92 Å². The quantitative estimate of drug-likeness (QED) is 0.823. The van der Waals surface area contributed by atoms with Gasteiger partial charge < -0.3 is 10.6 Å². The lowest BCUT2D eigenvalue weighted by molar-refractivity contribution is 0.506. The molecule has 1 unspecified atom stereocenters. The van der Waals surface area contributed by atoms with Crippen molar-refractivity contribution in [3.63, 3.8) is 0 Å². The Hall–Kier alpha value is -0.670. The molecule has 2 rings (SSSR count). The molecule has 2 nitrogen and oxygen atoms in total. The zero-order chi connectivity index (χ0) is 12.8. The van der Waals surface area contributed by atoms with Crippen molar-refractivity contribution in [1.82, 2.24) is 5.32 Å². The van der Waals surface area contributed by atoms with E-state index in [1.807, 2.05) is 18.8 Å². The summed E-state index contributed by atoms with van der Waals surface area (Å²) in [5.74, 6) is 1.99. The zero-order valence-electron chi connectivity index (χ0n) is 11.5. The first-order valence-electron chi connectivity index (χ1n) is 6.97. The lowest BCUT2D eigenvalue weighted by Gasteiger charge is -2.19. The molecule has 1 aromatic rings. The Balaban J connectivity index is 1.93. The van der Waals surface area contributed by atoms with Crippen molar-refractivity contribution in [3.8, 4) is 0 Å². The normalized spacial score (nSPS) is 16.1. The Morgan fingerprint density at radius 1 is 1.33 bits per heavy atom. The van der Waals surface area contributed by atoms with E-state index in [0.717, 1.165) is 13.1 Å². The molecule has 18 heavy (non-hydrogen) atoms. The van der Waals surface area contributed by atoms with Gasteiger partial charge in [-0.3, -0.25) is 0 Å². The standard InChI is InChI=1S/C15H24N2S/c1-3-12(10-16-2)11-17-14-6-7-15-13(9-14)5-4-8-18-15/h6-7,9,12,16-17H,3-5,8,10-11H2,1-2H3. The molecule has 1 aliphatic heterocycles. The Morgan fingerprint density at radius 3 is 3.00 bits per heavy atom. The van der Waals surface area contributed by atoms with Gasteiger partial charge in [-0.15, -0.1) is 11.8 Å². The number of aryl methyl sites for hydroxylation is 1. The van der Waals surface area contributed by atoms with Crippen LogP contribution in [0.15, 0.2) is 23.1 Å². The molecule has 0 saturated heterocycles. The Labute approximate surface area is 115 Å². The summed E-state index contributed by atoms with van der Waals surface area (Å²) in [6, 6.07) is 6.84. The van der Waals surface area contributed by atoms with Crippen LogP contribution in [0.5, 0.6) is 0 Å². The largest absolute Gasteiger partial charge is 0.385 e. The highest BCUT2D eigenvalue weighted by atomic mass is 32.2. The summed E-state index contributed by atoms with van der Waals surface area (Å²) in [6.45, 7) is 4.40. The molecule has 1 aromatic carbocycles. The monoisotopic (exact) mass is 264 g/mol. The fourth-order valence-electron chi connectivity index (χ4n) is 2.38. The van der Waals surface area contributed by atoms with Crippen molar-refractivity contribution in [1.29, 1.82) is 0 Å². The molecular weight excluding hydrogens is 240 g/mol. The van der Waals surface area contributed by atoms with Gasteiger partial charge in [0.05, 0.1) is 0 Å². The highest BCUT2D eigenvalue weighted by Crippen LogP contribution is 2.31. The zero-order valence-corrected chi connectivity index (χ0v) is 12.3. The molecule has 3 heteroatoms. The smallest absolute Gasteiger partial charge is 0.0343 e. The van der Waals surface area contributed by atoms with Crippen LogP contribution in [0.1, 0.15) is 25.3 Å².